The molecule has 2 aromatic rings. The van der Waals surface area contributed by atoms with Gasteiger partial charge in [-0.2, -0.15) is 10.4 Å². The van der Waals surface area contributed by atoms with Crippen LogP contribution >= 0.6 is 0 Å². The Bertz CT molecular complexity index is 550. The number of nitriles is 1. The topological polar surface area (TPSA) is 66.5 Å². The molecule has 0 spiro atoms. The van der Waals surface area contributed by atoms with E-state index in [0.29, 0.717) is 5.56 Å². The van der Waals surface area contributed by atoms with E-state index in [9.17, 15) is 0 Å². The van der Waals surface area contributed by atoms with Gasteiger partial charge in [0.25, 0.3) is 0 Å². The standard InChI is InChI=1S/C13H15N5/c1-10-6-16-18(8-10)9-11(2)17-13-4-3-12(5-14)7-15-13/h3-4,6-8,11H,9H2,1-2H3,(H,15,17). The zero-order valence-corrected chi connectivity index (χ0v) is 10.5. The minimum Gasteiger partial charge on any atom is -0.366 e. The van der Waals surface area contributed by atoms with Crippen LogP contribution in [0.25, 0.3) is 0 Å². The van der Waals surface area contributed by atoms with Gasteiger partial charge in [-0.15, -0.1) is 0 Å². The summed E-state index contributed by atoms with van der Waals surface area (Å²) in [6.07, 6.45) is 5.41. The number of aromatic nitrogens is 3. The summed E-state index contributed by atoms with van der Waals surface area (Å²) in [6, 6.07) is 5.82. The summed E-state index contributed by atoms with van der Waals surface area (Å²) >= 11 is 0. The average molecular weight is 241 g/mol. The number of anilines is 1. The molecular weight excluding hydrogens is 226 g/mol. The number of nitrogens with one attached hydrogen (secondary N) is 1. The summed E-state index contributed by atoms with van der Waals surface area (Å²) in [5.74, 6) is 0.769. The van der Waals surface area contributed by atoms with Gasteiger partial charge < -0.3 is 5.32 Å². The second-order valence-electron chi connectivity index (χ2n) is 4.33. The van der Waals surface area contributed by atoms with Gasteiger partial charge in [0.05, 0.1) is 18.3 Å². The van der Waals surface area contributed by atoms with Crippen molar-refractivity contribution in [1.82, 2.24) is 14.8 Å². The summed E-state index contributed by atoms with van der Waals surface area (Å²) in [6.45, 7) is 4.86. The van der Waals surface area contributed by atoms with E-state index >= 15 is 0 Å². The van der Waals surface area contributed by atoms with Crippen molar-refractivity contribution >= 4 is 5.82 Å². The van der Waals surface area contributed by atoms with E-state index in [1.165, 1.54) is 0 Å². The lowest BCUT2D eigenvalue weighted by molar-refractivity contribution is 0.559. The molecule has 5 heteroatoms. The third-order valence-electron chi connectivity index (χ3n) is 2.51. The predicted octanol–water partition coefficient (Wildman–Crippen LogP) is 1.96. The fourth-order valence-electron chi connectivity index (χ4n) is 1.69. The van der Waals surface area contributed by atoms with Crippen molar-refractivity contribution < 1.29 is 0 Å². The quantitative estimate of drug-likeness (QED) is 0.888. The van der Waals surface area contributed by atoms with Crippen LogP contribution in [0.15, 0.2) is 30.7 Å². The maximum Gasteiger partial charge on any atom is 0.126 e. The molecule has 2 aromatic heterocycles. The second-order valence-corrected chi connectivity index (χ2v) is 4.33. The number of nitrogens with zero attached hydrogens (tertiary/aromatic N) is 4. The maximum absolute atomic E-state index is 8.69. The lowest BCUT2D eigenvalue weighted by atomic mass is 10.3. The first-order valence-corrected chi connectivity index (χ1v) is 5.79. The van der Waals surface area contributed by atoms with Gasteiger partial charge in [0, 0.05) is 18.4 Å². The zero-order valence-electron chi connectivity index (χ0n) is 10.5. The molecule has 2 rings (SSSR count). The first-order valence-electron chi connectivity index (χ1n) is 5.79. The van der Waals surface area contributed by atoms with Crippen LogP contribution in [0.5, 0.6) is 0 Å². The van der Waals surface area contributed by atoms with Gasteiger partial charge in [0.1, 0.15) is 11.9 Å². The Kier molecular flexibility index (Phi) is 3.58. The van der Waals surface area contributed by atoms with Gasteiger partial charge in [-0.05, 0) is 31.5 Å². The van der Waals surface area contributed by atoms with Crippen LogP contribution < -0.4 is 5.32 Å². The fraction of sp³-hybridized carbons (Fsp3) is 0.308. The van der Waals surface area contributed by atoms with Gasteiger partial charge in [0.15, 0.2) is 0 Å². The SMILES string of the molecule is Cc1cnn(CC(C)Nc2ccc(C#N)cn2)c1. The summed E-state index contributed by atoms with van der Waals surface area (Å²) in [7, 11) is 0. The third-order valence-corrected chi connectivity index (χ3v) is 2.51. The van der Waals surface area contributed by atoms with Gasteiger partial charge in [0.2, 0.25) is 0 Å². The molecule has 0 saturated heterocycles. The molecule has 0 fully saturated rings. The Hall–Kier alpha value is -2.35. The van der Waals surface area contributed by atoms with Gasteiger partial charge in [-0.3, -0.25) is 4.68 Å². The highest BCUT2D eigenvalue weighted by atomic mass is 15.3. The van der Waals surface area contributed by atoms with Gasteiger partial charge in [-0.1, -0.05) is 0 Å². The molecule has 0 bridgehead atoms. The van der Waals surface area contributed by atoms with Crippen molar-refractivity contribution in [3.05, 3.63) is 41.9 Å². The largest absolute Gasteiger partial charge is 0.366 e. The van der Waals surface area contributed by atoms with Crippen molar-refractivity contribution in [2.75, 3.05) is 5.32 Å². The van der Waals surface area contributed by atoms with E-state index in [2.05, 4.69) is 22.3 Å². The third kappa shape index (κ3) is 3.08. The molecule has 1 atom stereocenters. The lowest BCUT2D eigenvalue weighted by Crippen LogP contribution is -2.22. The number of hydrogen-bond donors (Lipinski definition) is 1. The van der Waals surface area contributed by atoms with Crippen LogP contribution in [-0.4, -0.2) is 20.8 Å². The molecule has 1 unspecified atom stereocenters. The molecule has 2 heterocycles. The highest BCUT2D eigenvalue weighted by Crippen LogP contribution is 2.07. The smallest absolute Gasteiger partial charge is 0.126 e. The van der Waals surface area contributed by atoms with Crippen LogP contribution in [0.2, 0.25) is 0 Å². The Morgan fingerprint density at radius 3 is 2.83 bits per heavy atom. The van der Waals surface area contributed by atoms with Crippen LogP contribution in [0, 0.1) is 18.3 Å². The second kappa shape index (κ2) is 5.32. The number of hydrogen-bond acceptors (Lipinski definition) is 4. The Morgan fingerprint density at radius 1 is 1.44 bits per heavy atom. The van der Waals surface area contributed by atoms with Crippen LogP contribution in [-0.2, 0) is 6.54 Å². The normalized spacial score (nSPS) is 11.8. The highest BCUT2D eigenvalue weighted by Gasteiger charge is 2.04. The van der Waals surface area contributed by atoms with Crippen molar-refractivity contribution in [2.24, 2.45) is 0 Å². The van der Waals surface area contributed by atoms with Gasteiger partial charge in [-0.25, -0.2) is 4.98 Å². The van der Waals surface area contributed by atoms with E-state index in [0.717, 1.165) is 17.9 Å². The molecular formula is C13H15N5. The number of rotatable bonds is 4. The van der Waals surface area contributed by atoms with E-state index in [1.54, 1.807) is 12.3 Å². The molecule has 18 heavy (non-hydrogen) atoms. The molecule has 0 aliphatic carbocycles. The van der Waals surface area contributed by atoms with E-state index in [4.69, 9.17) is 5.26 Å². The van der Waals surface area contributed by atoms with E-state index < -0.39 is 0 Å². The van der Waals surface area contributed by atoms with E-state index in [-0.39, 0.29) is 6.04 Å². The predicted molar refractivity (Wildman–Crippen MR) is 69.0 cm³/mol. The minimum atomic E-state index is 0.213. The molecule has 0 saturated carbocycles. The molecule has 0 aliphatic rings. The molecule has 0 amide bonds. The van der Waals surface area contributed by atoms with Crippen LogP contribution in [0.1, 0.15) is 18.1 Å². The highest BCUT2D eigenvalue weighted by molar-refractivity contribution is 5.39. The molecule has 0 aliphatic heterocycles. The maximum atomic E-state index is 8.69. The monoisotopic (exact) mass is 241 g/mol. The van der Waals surface area contributed by atoms with E-state index in [1.807, 2.05) is 36.1 Å². The number of pyridine rings is 1. The summed E-state index contributed by atoms with van der Waals surface area (Å²) < 4.78 is 1.90. The minimum absolute atomic E-state index is 0.213. The van der Waals surface area contributed by atoms with Crippen molar-refractivity contribution in [3.8, 4) is 6.07 Å². The number of aryl methyl sites for hydroxylation is 1. The Balaban J connectivity index is 1.94. The molecule has 5 nitrogen and oxygen atoms in total. The zero-order chi connectivity index (χ0) is 13.0. The summed E-state index contributed by atoms with van der Waals surface area (Å²) in [4.78, 5) is 4.17. The Labute approximate surface area is 106 Å². The van der Waals surface area contributed by atoms with Crippen molar-refractivity contribution in [1.29, 1.82) is 5.26 Å². The van der Waals surface area contributed by atoms with Crippen LogP contribution in [0.3, 0.4) is 0 Å². The molecule has 0 radical (unpaired) electrons. The summed E-state index contributed by atoms with van der Waals surface area (Å²) in [5.41, 5.74) is 1.72. The van der Waals surface area contributed by atoms with Crippen molar-refractivity contribution in [2.45, 2.75) is 26.4 Å². The first-order chi connectivity index (χ1) is 8.67. The van der Waals surface area contributed by atoms with Crippen LogP contribution in [0.4, 0.5) is 5.82 Å². The fourth-order valence-corrected chi connectivity index (χ4v) is 1.69. The first kappa shape index (κ1) is 12.1. The summed E-state index contributed by atoms with van der Waals surface area (Å²) in [5, 5.41) is 16.2. The van der Waals surface area contributed by atoms with Crippen molar-refractivity contribution in [3.63, 3.8) is 0 Å². The molecule has 92 valence electrons. The Morgan fingerprint density at radius 2 is 2.28 bits per heavy atom. The van der Waals surface area contributed by atoms with Gasteiger partial charge >= 0.3 is 0 Å². The molecule has 0 aromatic carbocycles. The molecule has 1 N–H and O–H groups in total. The lowest BCUT2D eigenvalue weighted by Gasteiger charge is -2.14. The average Bonchev–Trinajstić information content (AvgIpc) is 2.75.